The molecule has 1 aliphatic rings. The summed E-state index contributed by atoms with van der Waals surface area (Å²) >= 11 is 0. The normalized spacial score (nSPS) is 11.9. The van der Waals surface area contributed by atoms with Crippen molar-refractivity contribution in [2.45, 2.75) is 99.3 Å². The van der Waals surface area contributed by atoms with Crippen LogP contribution in [0.2, 0.25) is 0 Å². The van der Waals surface area contributed by atoms with Gasteiger partial charge in [-0.3, -0.25) is 19.6 Å². The molecule has 46 heteroatoms. The zero-order valence-corrected chi connectivity index (χ0v) is 79.7. The zero-order valence-electron chi connectivity index (χ0n) is 79.7. The molecule has 1 aliphatic heterocycles. The van der Waals surface area contributed by atoms with E-state index in [9.17, 15) is 23.5 Å². The van der Waals surface area contributed by atoms with E-state index in [1.165, 1.54) is 31.4 Å². The summed E-state index contributed by atoms with van der Waals surface area (Å²) in [6.07, 6.45) is 5.63. The number of nitrogen functional groups attached to an aromatic ring is 6. The van der Waals surface area contributed by atoms with E-state index in [1.807, 2.05) is 136 Å². The molecule has 0 aliphatic carbocycles. The Kier molecular flexibility index (Phi) is 33.9. The molecule has 0 unspecified atom stereocenters. The highest BCUT2D eigenvalue weighted by Gasteiger charge is 2.25. The number of benzene rings is 6. The van der Waals surface area contributed by atoms with Gasteiger partial charge in [-0.15, -0.1) is 0 Å². The molecule has 6 aromatic carbocycles. The van der Waals surface area contributed by atoms with E-state index in [0.29, 0.717) is 172 Å². The average Bonchev–Trinajstić information content (AvgIpc) is 1.50. The van der Waals surface area contributed by atoms with Crippen LogP contribution in [-0.4, -0.2) is 180 Å². The molecule has 13 heterocycles. The number of pyridine rings is 2. The number of hydrogen-bond acceptors (Lipinski definition) is 42. The second-order valence-electron chi connectivity index (χ2n) is 32.0. The second kappa shape index (κ2) is 48.0. The van der Waals surface area contributed by atoms with Crippen LogP contribution in [0.5, 0.6) is 17.2 Å². The number of amides is 2. The molecule has 0 saturated carbocycles. The molecular formula is C97H106F2N32O12. The van der Waals surface area contributed by atoms with Gasteiger partial charge in [-0.25, -0.2) is 38.7 Å². The number of carbonyl (C=O) groups is 2. The third-order valence-corrected chi connectivity index (χ3v) is 21.6. The van der Waals surface area contributed by atoms with Crippen LogP contribution in [0.15, 0.2) is 188 Å². The maximum absolute atomic E-state index is 14.2. The van der Waals surface area contributed by atoms with Crippen LogP contribution in [0, 0.1) is 39.3 Å². The number of aliphatic hydroxyl groups excluding tert-OH is 1. The maximum Gasteiger partial charge on any atom is 0.253 e. The Hall–Kier alpha value is -17.8. The fourth-order valence-corrected chi connectivity index (χ4v) is 14.9. The van der Waals surface area contributed by atoms with E-state index in [2.05, 4.69) is 128 Å². The molecule has 12 aromatic heterocycles. The topological polar surface area (TPSA) is 629 Å². The fourth-order valence-electron chi connectivity index (χ4n) is 14.9. The largest absolute Gasteiger partial charge is 0.496 e. The van der Waals surface area contributed by atoms with Crippen LogP contribution in [-0.2, 0) is 42.3 Å². The van der Waals surface area contributed by atoms with E-state index in [0.717, 1.165) is 87.3 Å². The minimum Gasteiger partial charge on any atom is -0.496 e. The molecule has 44 nitrogen and oxygen atoms in total. The Bertz CT molecular complexity index is 7430. The van der Waals surface area contributed by atoms with E-state index in [1.54, 1.807) is 77.8 Å². The molecule has 0 spiro atoms. The van der Waals surface area contributed by atoms with Crippen molar-refractivity contribution in [3.8, 4) is 17.2 Å². The number of likely N-dealkylation sites (tertiary alicyclic amines) is 1. The summed E-state index contributed by atoms with van der Waals surface area (Å²) in [4.78, 5) is 85.4. The highest BCUT2D eigenvalue weighted by molar-refractivity contribution is 6.03. The lowest BCUT2D eigenvalue weighted by Crippen LogP contribution is -2.27. The number of nitrogens with one attached hydrogen (secondary N) is 7. The van der Waals surface area contributed by atoms with Gasteiger partial charge in [0.25, 0.3) is 11.8 Å². The predicted octanol–water partition coefficient (Wildman–Crippen LogP) is 13.5. The molecular weight excluding hydrogens is 1840 g/mol. The molecule has 19 rings (SSSR count). The Labute approximate surface area is 816 Å². The number of methoxy groups -OCH3 is 3. The molecule has 2 atom stereocenters. The van der Waals surface area contributed by atoms with Crippen molar-refractivity contribution in [3.63, 3.8) is 0 Å². The maximum atomic E-state index is 14.2. The number of carbonyl (C=O) groups excluding carboxylic acids is 2. The molecule has 1 fully saturated rings. The van der Waals surface area contributed by atoms with E-state index >= 15 is 0 Å². The number of nitrogens with zero attached hydrogens (tertiary/aromatic N) is 19. The smallest absolute Gasteiger partial charge is 0.253 e. The number of rotatable bonds is 30. The van der Waals surface area contributed by atoms with Gasteiger partial charge in [0.15, 0.2) is 0 Å². The Morgan fingerprint density at radius 3 is 1.22 bits per heavy atom. The highest BCUT2D eigenvalue weighted by Crippen LogP contribution is 2.38. The Morgan fingerprint density at radius 2 is 0.804 bits per heavy atom. The van der Waals surface area contributed by atoms with E-state index in [4.69, 9.17) is 76.2 Å². The van der Waals surface area contributed by atoms with Gasteiger partial charge in [0.1, 0.15) is 134 Å². The molecule has 20 N–H and O–H groups in total. The first-order chi connectivity index (χ1) is 69.2. The molecule has 2 amide bonds. The summed E-state index contributed by atoms with van der Waals surface area (Å²) in [7, 11) is 6.28. The number of halogens is 2. The van der Waals surface area contributed by atoms with E-state index < -0.39 is 11.6 Å². The van der Waals surface area contributed by atoms with Crippen LogP contribution in [0.1, 0.15) is 122 Å². The van der Waals surface area contributed by atoms with Crippen LogP contribution in [0.3, 0.4) is 0 Å². The van der Waals surface area contributed by atoms with Gasteiger partial charge < -0.3 is 123 Å². The summed E-state index contributed by atoms with van der Waals surface area (Å²) in [6, 6.07) is 46.1. The van der Waals surface area contributed by atoms with Gasteiger partial charge in [-0.1, -0.05) is 51.0 Å². The molecule has 0 radical (unpaired) electrons. The third-order valence-electron chi connectivity index (χ3n) is 21.6. The van der Waals surface area contributed by atoms with Gasteiger partial charge >= 0.3 is 0 Å². The fraction of sp³-hybridized carbons (Fsp3) is 0.258. The van der Waals surface area contributed by atoms with Crippen molar-refractivity contribution >= 4 is 148 Å². The summed E-state index contributed by atoms with van der Waals surface area (Å²) < 4.78 is 75.0. The number of anilines is 12. The monoisotopic (exact) mass is 1950 g/mol. The number of nitrogens with two attached hydrogens (primary N) is 6. The number of aryl methyl sites for hydroxylation is 4. The lowest BCUT2D eigenvalue weighted by Gasteiger charge is -2.17. The number of aromatic nitrogens is 18. The van der Waals surface area contributed by atoms with Crippen molar-refractivity contribution in [1.82, 2.24) is 101 Å². The van der Waals surface area contributed by atoms with Gasteiger partial charge in [-0.2, -0.15) is 29.9 Å². The van der Waals surface area contributed by atoms with Crippen LogP contribution >= 0.6 is 0 Å². The lowest BCUT2D eigenvalue weighted by molar-refractivity contribution is 0.0792. The molecule has 0 bridgehead atoms. The Morgan fingerprint density at radius 1 is 0.420 bits per heavy atom. The van der Waals surface area contributed by atoms with Crippen molar-refractivity contribution in [2.75, 3.05) is 134 Å². The quantitative estimate of drug-likeness (QED) is 0.0186. The minimum atomic E-state index is -0.511. The summed E-state index contributed by atoms with van der Waals surface area (Å²) in [5.74, 6) is 7.07. The third kappa shape index (κ3) is 26.4. The zero-order chi connectivity index (χ0) is 101. The van der Waals surface area contributed by atoms with Gasteiger partial charge in [0.2, 0.25) is 35.7 Å². The molecule has 18 aromatic rings. The highest BCUT2D eigenvalue weighted by atomic mass is 19.1. The minimum absolute atomic E-state index is 0.0292. The van der Waals surface area contributed by atoms with Gasteiger partial charge in [0.05, 0.1) is 115 Å². The summed E-state index contributed by atoms with van der Waals surface area (Å²) in [5, 5.41) is 50.9. The van der Waals surface area contributed by atoms with Gasteiger partial charge in [-0.05, 0) is 163 Å². The average molecular weight is 1950 g/mol. The predicted molar refractivity (Wildman–Crippen MR) is 536 cm³/mol. The van der Waals surface area contributed by atoms with Crippen LogP contribution in [0.4, 0.5) is 79.4 Å². The Balaban J connectivity index is 0.000000136. The van der Waals surface area contributed by atoms with Crippen molar-refractivity contribution in [3.05, 3.63) is 256 Å². The SMILES string of the molecule is CNC(=O)c1ccc2c(N[C@H](C)c3ccccn3)nc(N)nc2c1.COCCOc1ccc(F)c2nc(N)nc(NCc3cc(C)on3)c12.COCCOc1cccc2nc(N)nc(NCc3cc(C)on3)c12.COc1ccc(F)c2nc(N)nc(NCc3cc(C)on3)c12.C[C@@H](Nc1nc(N)nc2cc(C(=O)N3CCCC3)ccc12)c1ccccn1.Cc1cc(CNc2nc(N)nc3cccc(CO)c23)no1. The first kappa shape index (κ1) is 101. The van der Waals surface area contributed by atoms with E-state index in [-0.39, 0.29) is 77.2 Å². The molecule has 740 valence electrons. The molecule has 143 heavy (non-hydrogen) atoms. The van der Waals surface area contributed by atoms with Crippen molar-refractivity contribution in [1.29, 1.82) is 0 Å². The second-order valence-corrected chi connectivity index (χ2v) is 32.0. The number of aliphatic hydroxyl groups is 1. The lowest BCUT2D eigenvalue weighted by atomic mass is 10.1. The number of hydrogen-bond donors (Lipinski definition) is 14. The van der Waals surface area contributed by atoms with Crippen LogP contribution in [0.25, 0.3) is 65.4 Å². The van der Waals surface area contributed by atoms with Crippen LogP contribution < -0.4 is 85.8 Å². The number of fused-ring (bicyclic) bond motifs is 6. The number of ether oxygens (including phenoxy) is 5. The summed E-state index contributed by atoms with van der Waals surface area (Å²) in [5.41, 5.74) is 44.1. The summed E-state index contributed by atoms with van der Waals surface area (Å²) in [6.45, 7) is 16.0. The first-order valence-electron chi connectivity index (χ1n) is 44.9. The van der Waals surface area contributed by atoms with Gasteiger partial charge in [0, 0.05) is 98.3 Å². The standard InChI is InChI=1S/C20H22N6O.C17H18N6O.C16H18FN5O3.C16H19N5O3.C14H14FN5O2.C14H15N5O2/c1-13(16-6-2-3-9-22-16)23-18-15-8-7-14(12-17(15)24-20(21)25-18)19(27)26-10-4-5-11-26;1-10(13-5-3-4-8-20-13)21-15-12-7-6-11(16(24)19-2)9-14(12)22-17(18)23-15;1-9-7-10(22-25-9)8-19-15-13-12(24-6-5-23-2)4-3-11(17)14(13)20-16(18)21-15;1-10-8-11(21-24-10)9-18-15-14-12(19-16(17)20-15)4-3-5-13(14)23-7-6-22-2;1-7-5-8(20-22-7)6-17-13-11-10(21-2)4-3-9(15)12(11)18-14(16)19-13;1-8-5-10(19-21-8)6-16-13-12-9(7-20)3-2-4-11(12)17-14(15)18-13/h2-3,6-9,12-13H,4-5,10-11H2,1H3,(H3,21,23,24,25);3-10H,1-2H3,(H,19,24)(H3,18,21,22,23);3-4,7H,5-6,8H2,1-2H3,(H3,18,19,20,21);3-5,8H,6-7,9H2,1-2H3,(H3,17,18,19,20);3-5H,6H2,1-2H3,(H3,16,17,18,19);2-5,20H,6-7H2,1H3,(H3,15,16,17,18)/t13-;10-;;;;/m11..../s1. The van der Waals surface area contributed by atoms with Crippen molar-refractivity contribution < 1.29 is 65.3 Å². The van der Waals surface area contributed by atoms with Crippen molar-refractivity contribution in [2.24, 2.45) is 0 Å². The molecule has 1 saturated heterocycles. The first-order valence-corrected chi connectivity index (χ1v) is 44.9.